The lowest BCUT2D eigenvalue weighted by Gasteiger charge is -2.09. The van der Waals surface area contributed by atoms with Gasteiger partial charge in [0.15, 0.2) is 0 Å². The van der Waals surface area contributed by atoms with Crippen molar-refractivity contribution in [2.75, 3.05) is 0 Å². The molecule has 0 unspecified atom stereocenters. The molecule has 0 saturated heterocycles. The highest BCUT2D eigenvalue weighted by Gasteiger charge is 2.00. The second kappa shape index (κ2) is 3.60. The molecule has 1 rings (SSSR count). The molecule has 0 nitrogen and oxygen atoms in total. The molecule has 0 aromatic carbocycles. The highest BCUT2D eigenvalue weighted by Crippen LogP contribution is 2.20. The van der Waals surface area contributed by atoms with Crippen LogP contribution < -0.4 is 0 Å². The first-order chi connectivity index (χ1) is 4.84. The van der Waals surface area contributed by atoms with Crippen molar-refractivity contribution >= 4 is 0 Å². The van der Waals surface area contributed by atoms with Crippen LogP contribution in [0.4, 0.5) is 0 Å². The topological polar surface area (TPSA) is 0 Å². The molecule has 0 N–H and O–H groups in total. The average Bonchev–Trinajstić information content (AvgIpc) is 2.05. The van der Waals surface area contributed by atoms with Crippen molar-refractivity contribution in [1.29, 1.82) is 0 Å². The third-order valence-corrected chi connectivity index (χ3v) is 2.21. The van der Waals surface area contributed by atoms with Crippen molar-refractivity contribution in [3.05, 3.63) is 23.3 Å². The molecule has 0 aliphatic heterocycles. The predicted molar refractivity (Wildman–Crippen MR) is 46.0 cm³/mol. The minimum atomic E-state index is 1.21. The van der Waals surface area contributed by atoms with Gasteiger partial charge in [0.1, 0.15) is 0 Å². The van der Waals surface area contributed by atoms with Gasteiger partial charge >= 0.3 is 0 Å². The van der Waals surface area contributed by atoms with Crippen LogP contribution in [-0.4, -0.2) is 0 Å². The minimum absolute atomic E-state index is 1.21. The van der Waals surface area contributed by atoms with Crippen LogP contribution in [0.1, 0.15) is 39.5 Å². The van der Waals surface area contributed by atoms with Crippen molar-refractivity contribution in [2.24, 2.45) is 0 Å². The summed E-state index contributed by atoms with van der Waals surface area (Å²) in [5.74, 6) is 0. The van der Waals surface area contributed by atoms with Gasteiger partial charge in [0.05, 0.1) is 0 Å². The molecule has 0 bridgehead atoms. The lowest BCUT2D eigenvalue weighted by atomic mass is 9.97. The molecule has 0 heterocycles. The molecule has 0 amide bonds. The molecule has 0 aromatic heterocycles. The van der Waals surface area contributed by atoms with Gasteiger partial charge in [-0.1, -0.05) is 24.6 Å². The molecule has 1 aliphatic rings. The van der Waals surface area contributed by atoms with Crippen LogP contribution in [-0.2, 0) is 0 Å². The normalized spacial score (nSPS) is 23.0. The van der Waals surface area contributed by atoms with Crippen molar-refractivity contribution in [3.8, 4) is 0 Å². The maximum Gasteiger partial charge on any atom is -0.0277 e. The largest absolute Gasteiger partial charge is 0.0843 e. The fourth-order valence-electron chi connectivity index (χ4n) is 1.30. The quantitative estimate of drug-likeness (QED) is 0.518. The van der Waals surface area contributed by atoms with Crippen LogP contribution in [0.5, 0.6) is 0 Å². The fourth-order valence-corrected chi connectivity index (χ4v) is 1.30. The lowest BCUT2D eigenvalue weighted by Crippen LogP contribution is -1.89. The highest BCUT2D eigenvalue weighted by molar-refractivity contribution is 5.26. The summed E-state index contributed by atoms with van der Waals surface area (Å²) in [7, 11) is 0. The van der Waals surface area contributed by atoms with Gasteiger partial charge in [-0.2, -0.15) is 0 Å². The minimum Gasteiger partial charge on any atom is -0.0843 e. The fraction of sp³-hybridized carbons (Fsp3) is 0.600. The summed E-state index contributed by atoms with van der Waals surface area (Å²) < 4.78 is 0. The van der Waals surface area contributed by atoms with E-state index >= 15 is 0 Å². The molecule has 0 aromatic rings. The molecular formula is C10H16. The zero-order valence-electron chi connectivity index (χ0n) is 6.98. The summed E-state index contributed by atoms with van der Waals surface area (Å²) in [5, 5.41) is 0. The van der Waals surface area contributed by atoms with E-state index in [4.69, 9.17) is 0 Å². The molecule has 10 heavy (non-hydrogen) atoms. The Balaban J connectivity index is 2.69. The van der Waals surface area contributed by atoms with Crippen molar-refractivity contribution in [2.45, 2.75) is 39.5 Å². The van der Waals surface area contributed by atoms with E-state index in [1.807, 2.05) is 0 Å². The maximum absolute atomic E-state index is 2.29. The second-order valence-corrected chi connectivity index (χ2v) is 2.95. The zero-order valence-corrected chi connectivity index (χ0v) is 6.98. The first-order valence-corrected chi connectivity index (χ1v) is 4.19. The number of hydrogen-bond donors (Lipinski definition) is 0. The Morgan fingerprint density at radius 1 is 1.60 bits per heavy atom. The number of hydrogen-bond acceptors (Lipinski definition) is 0. The molecule has 0 fully saturated rings. The van der Waals surface area contributed by atoms with Crippen LogP contribution in [0, 0.1) is 0 Å². The van der Waals surface area contributed by atoms with Gasteiger partial charge < -0.3 is 0 Å². The Morgan fingerprint density at radius 3 is 2.90 bits per heavy atom. The SMILES string of the molecule is CC/C(C)=C1\C=CCCC1. The van der Waals surface area contributed by atoms with Gasteiger partial charge in [-0.15, -0.1) is 0 Å². The third-order valence-electron chi connectivity index (χ3n) is 2.21. The molecule has 0 atom stereocenters. The number of allylic oxidation sites excluding steroid dienone is 4. The summed E-state index contributed by atoms with van der Waals surface area (Å²) in [4.78, 5) is 0. The summed E-state index contributed by atoms with van der Waals surface area (Å²) in [6.07, 6.45) is 9.72. The Labute approximate surface area is 63.6 Å². The smallest absolute Gasteiger partial charge is 0.0277 e. The summed E-state index contributed by atoms with van der Waals surface area (Å²) in [6, 6.07) is 0. The van der Waals surface area contributed by atoms with Crippen LogP contribution in [0.15, 0.2) is 23.3 Å². The van der Waals surface area contributed by atoms with Crippen LogP contribution in [0.3, 0.4) is 0 Å². The first kappa shape index (κ1) is 7.59. The van der Waals surface area contributed by atoms with Gasteiger partial charge in [0.25, 0.3) is 0 Å². The Bertz CT molecular complexity index is 161. The third kappa shape index (κ3) is 1.73. The van der Waals surface area contributed by atoms with Crippen molar-refractivity contribution in [1.82, 2.24) is 0 Å². The van der Waals surface area contributed by atoms with E-state index in [9.17, 15) is 0 Å². The first-order valence-electron chi connectivity index (χ1n) is 4.19. The zero-order chi connectivity index (χ0) is 7.40. The standard InChI is InChI=1S/C10H16/c1-3-9(2)10-7-5-4-6-8-10/h5,7H,3-4,6,8H2,1-2H3/b10-9+. The highest BCUT2D eigenvalue weighted by atomic mass is 14.1. The van der Waals surface area contributed by atoms with Crippen molar-refractivity contribution in [3.63, 3.8) is 0 Å². The predicted octanol–water partition coefficient (Wildman–Crippen LogP) is 3.45. The Morgan fingerprint density at radius 2 is 2.40 bits per heavy atom. The lowest BCUT2D eigenvalue weighted by molar-refractivity contribution is 0.805. The van der Waals surface area contributed by atoms with Gasteiger partial charge in [0, 0.05) is 0 Å². The number of rotatable bonds is 1. The molecule has 0 radical (unpaired) electrons. The maximum atomic E-state index is 2.29. The van der Waals surface area contributed by atoms with E-state index in [0.29, 0.717) is 0 Å². The molecule has 56 valence electrons. The summed E-state index contributed by atoms with van der Waals surface area (Å²) in [5.41, 5.74) is 3.14. The van der Waals surface area contributed by atoms with Gasteiger partial charge in [-0.25, -0.2) is 0 Å². The summed E-state index contributed by atoms with van der Waals surface area (Å²) in [6.45, 7) is 4.47. The Kier molecular flexibility index (Phi) is 2.73. The van der Waals surface area contributed by atoms with E-state index in [0.717, 1.165) is 0 Å². The van der Waals surface area contributed by atoms with Crippen LogP contribution >= 0.6 is 0 Å². The van der Waals surface area contributed by atoms with Crippen molar-refractivity contribution < 1.29 is 0 Å². The van der Waals surface area contributed by atoms with Crippen LogP contribution in [0.2, 0.25) is 0 Å². The van der Waals surface area contributed by atoms with E-state index in [-0.39, 0.29) is 0 Å². The monoisotopic (exact) mass is 136 g/mol. The molecular weight excluding hydrogens is 120 g/mol. The van der Waals surface area contributed by atoms with Gasteiger partial charge in [0.2, 0.25) is 0 Å². The summed E-state index contributed by atoms with van der Waals surface area (Å²) >= 11 is 0. The van der Waals surface area contributed by atoms with Crippen LogP contribution in [0.25, 0.3) is 0 Å². The van der Waals surface area contributed by atoms with E-state index < -0.39 is 0 Å². The molecule has 0 spiro atoms. The second-order valence-electron chi connectivity index (χ2n) is 2.95. The molecule has 1 aliphatic carbocycles. The Hall–Kier alpha value is -0.520. The molecule has 0 saturated carbocycles. The van der Waals surface area contributed by atoms with E-state index in [1.54, 1.807) is 11.1 Å². The van der Waals surface area contributed by atoms with E-state index in [1.165, 1.54) is 25.7 Å². The van der Waals surface area contributed by atoms with E-state index in [2.05, 4.69) is 26.0 Å². The molecule has 0 heteroatoms. The van der Waals surface area contributed by atoms with Gasteiger partial charge in [-0.05, 0) is 38.2 Å². The van der Waals surface area contributed by atoms with Gasteiger partial charge in [-0.3, -0.25) is 0 Å². The average molecular weight is 136 g/mol.